The van der Waals surface area contributed by atoms with Gasteiger partial charge in [0.15, 0.2) is 0 Å². The number of para-hydroxylation sites is 1. The van der Waals surface area contributed by atoms with Crippen LogP contribution in [0.3, 0.4) is 0 Å². The van der Waals surface area contributed by atoms with E-state index in [9.17, 15) is 14.9 Å². The molecule has 198 valence electrons. The van der Waals surface area contributed by atoms with Crippen molar-refractivity contribution in [2.75, 3.05) is 10.6 Å². The number of H-pyrrole nitrogens is 2. The van der Waals surface area contributed by atoms with E-state index in [1.54, 1.807) is 30.3 Å². The molecule has 4 aromatic carbocycles. The normalized spacial score (nSPS) is 10.7. The van der Waals surface area contributed by atoms with E-state index in [1.165, 1.54) is 0 Å². The Bertz CT molecular complexity index is 1900. The first-order chi connectivity index (χ1) is 20.1. The van der Waals surface area contributed by atoms with Crippen LogP contribution in [0.5, 0.6) is 0 Å². The van der Waals surface area contributed by atoms with Gasteiger partial charge in [-0.05, 0) is 52.2 Å². The van der Waals surface area contributed by atoms with Crippen LogP contribution in [0, 0.1) is 11.3 Å². The third kappa shape index (κ3) is 5.41. The van der Waals surface area contributed by atoms with Gasteiger partial charge in [-0.2, -0.15) is 10.5 Å². The lowest BCUT2D eigenvalue weighted by Gasteiger charge is -2.09. The highest BCUT2D eigenvalue weighted by Crippen LogP contribution is 2.28. The van der Waals surface area contributed by atoms with Crippen LogP contribution < -0.4 is 10.6 Å². The van der Waals surface area contributed by atoms with E-state index in [2.05, 4.69) is 42.3 Å². The maximum atomic E-state index is 13.2. The summed E-state index contributed by atoms with van der Waals surface area (Å²) < 4.78 is 0. The van der Waals surface area contributed by atoms with Gasteiger partial charge in [0.2, 0.25) is 11.7 Å². The molecule has 0 fully saturated rings. The van der Waals surface area contributed by atoms with Crippen molar-refractivity contribution in [2.24, 2.45) is 0 Å². The van der Waals surface area contributed by atoms with E-state index in [0.29, 0.717) is 33.7 Å². The lowest BCUT2D eigenvalue weighted by molar-refractivity contribution is -0.115. The average molecular weight is 539 g/mol. The number of nitrogens with zero attached hydrogens (tertiary/aromatic N) is 4. The molecular formula is C31H22N8O2. The molecule has 4 N–H and O–H groups in total. The number of nitrogens with one attached hydrogen (secondary N) is 4. The number of hydrogen-bond acceptors (Lipinski definition) is 6. The number of amides is 2. The summed E-state index contributed by atoms with van der Waals surface area (Å²) in [6.45, 7) is 0. The molecule has 0 unspecified atom stereocenters. The molecule has 0 radical (unpaired) electrons. The van der Waals surface area contributed by atoms with Crippen molar-refractivity contribution in [3.8, 4) is 28.6 Å². The molecule has 0 aliphatic rings. The Morgan fingerprint density at radius 3 is 2.39 bits per heavy atom. The second-order valence-electron chi connectivity index (χ2n) is 9.30. The molecule has 10 heteroatoms. The number of fused-ring (bicyclic) bond motifs is 1. The highest BCUT2D eigenvalue weighted by Gasteiger charge is 2.17. The lowest BCUT2D eigenvalue weighted by atomic mass is 10.0. The molecule has 6 rings (SSSR count). The summed E-state index contributed by atoms with van der Waals surface area (Å²) in [4.78, 5) is 29.3. The fourth-order valence-electron chi connectivity index (χ4n) is 4.58. The number of aromatic nitrogens is 5. The summed E-state index contributed by atoms with van der Waals surface area (Å²) >= 11 is 0. The number of benzene rings is 4. The van der Waals surface area contributed by atoms with Gasteiger partial charge >= 0.3 is 0 Å². The highest BCUT2D eigenvalue weighted by molar-refractivity contribution is 6.09. The molecule has 2 aromatic heterocycles. The van der Waals surface area contributed by atoms with Crippen LogP contribution in [0.4, 0.5) is 11.4 Å². The quantitative estimate of drug-likeness (QED) is 0.216. The van der Waals surface area contributed by atoms with Gasteiger partial charge in [-0.15, -0.1) is 10.2 Å². The summed E-state index contributed by atoms with van der Waals surface area (Å²) in [5.41, 5.74) is 5.84. The Labute approximate surface area is 234 Å². The Balaban J connectivity index is 1.18. The fraction of sp³-hybridized carbons (Fsp3) is 0.0323. The minimum absolute atomic E-state index is 0.173. The van der Waals surface area contributed by atoms with E-state index in [-0.39, 0.29) is 18.2 Å². The van der Waals surface area contributed by atoms with E-state index >= 15 is 0 Å². The molecule has 0 saturated heterocycles. The first kappa shape index (κ1) is 25.2. The molecule has 41 heavy (non-hydrogen) atoms. The standard InChI is InChI=1S/C31H22N8O2/c32-18-20-11-14-25(24(15-20)30-36-38-39-37-30)35-31(41)27-17-23-7-4-8-26(29(23)34-27)33-28(40)16-19-9-12-22(13-10-19)21-5-2-1-3-6-21/h1-15,17,34H,16H2,(H,33,40)(H,35,41)(H,36,37,38,39). The zero-order valence-corrected chi connectivity index (χ0v) is 21.6. The molecule has 6 aromatic rings. The largest absolute Gasteiger partial charge is 0.349 e. The zero-order valence-electron chi connectivity index (χ0n) is 21.6. The maximum absolute atomic E-state index is 13.2. The van der Waals surface area contributed by atoms with Gasteiger partial charge in [0.05, 0.1) is 34.9 Å². The molecule has 2 amide bonds. The predicted octanol–water partition coefficient (Wildman–Crippen LogP) is 5.32. The molecule has 0 bridgehead atoms. The predicted molar refractivity (Wildman–Crippen MR) is 155 cm³/mol. The van der Waals surface area contributed by atoms with Crippen molar-refractivity contribution in [1.29, 1.82) is 5.26 Å². The van der Waals surface area contributed by atoms with Gasteiger partial charge in [0.1, 0.15) is 5.69 Å². The van der Waals surface area contributed by atoms with Crippen LogP contribution in [-0.4, -0.2) is 37.4 Å². The van der Waals surface area contributed by atoms with Crippen LogP contribution in [0.2, 0.25) is 0 Å². The molecule has 10 nitrogen and oxygen atoms in total. The van der Waals surface area contributed by atoms with Crippen molar-refractivity contribution in [2.45, 2.75) is 6.42 Å². The van der Waals surface area contributed by atoms with E-state index in [0.717, 1.165) is 22.1 Å². The van der Waals surface area contributed by atoms with Crippen molar-refractivity contribution in [3.05, 3.63) is 114 Å². The number of tetrazole rings is 1. The molecule has 0 saturated carbocycles. The number of nitriles is 1. The van der Waals surface area contributed by atoms with Gasteiger partial charge in [-0.25, -0.2) is 0 Å². The Morgan fingerprint density at radius 1 is 0.829 bits per heavy atom. The smallest absolute Gasteiger partial charge is 0.272 e. The number of aromatic amines is 2. The second kappa shape index (κ2) is 11.0. The first-order valence-corrected chi connectivity index (χ1v) is 12.7. The number of carbonyl (C=O) groups is 2. The van der Waals surface area contributed by atoms with Crippen molar-refractivity contribution in [3.63, 3.8) is 0 Å². The summed E-state index contributed by atoms with van der Waals surface area (Å²) in [6, 6.07) is 32.0. The number of carbonyl (C=O) groups excluding carboxylic acids is 2. The van der Waals surface area contributed by atoms with E-state index in [4.69, 9.17) is 0 Å². The summed E-state index contributed by atoms with van der Waals surface area (Å²) in [6.07, 6.45) is 0.205. The van der Waals surface area contributed by atoms with Crippen LogP contribution in [-0.2, 0) is 11.2 Å². The highest BCUT2D eigenvalue weighted by atomic mass is 16.2. The second-order valence-corrected chi connectivity index (χ2v) is 9.30. The number of rotatable bonds is 7. The van der Waals surface area contributed by atoms with Gasteiger partial charge in [0.25, 0.3) is 5.91 Å². The number of hydrogen-bond donors (Lipinski definition) is 4. The molecule has 0 spiro atoms. The third-order valence-corrected chi connectivity index (χ3v) is 6.58. The van der Waals surface area contributed by atoms with E-state index in [1.807, 2.05) is 66.7 Å². The third-order valence-electron chi connectivity index (χ3n) is 6.58. The molecule has 0 atom stereocenters. The SMILES string of the molecule is N#Cc1ccc(NC(=O)c2cc3cccc(NC(=O)Cc4ccc(-c5ccccc5)cc4)c3[nH]2)c(-c2nn[nH]n2)c1. The van der Waals surface area contributed by atoms with E-state index < -0.39 is 5.91 Å². The Morgan fingerprint density at radius 2 is 1.63 bits per heavy atom. The van der Waals surface area contributed by atoms with Gasteiger partial charge in [0, 0.05) is 10.9 Å². The summed E-state index contributed by atoms with van der Waals surface area (Å²) in [5, 5.41) is 29.7. The van der Waals surface area contributed by atoms with Crippen LogP contribution in [0.1, 0.15) is 21.6 Å². The van der Waals surface area contributed by atoms with Gasteiger partial charge < -0.3 is 15.6 Å². The first-order valence-electron chi connectivity index (χ1n) is 12.7. The van der Waals surface area contributed by atoms with Crippen molar-refractivity contribution < 1.29 is 9.59 Å². The van der Waals surface area contributed by atoms with Crippen molar-refractivity contribution >= 4 is 34.1 Å². The van der Waals surface area contributed by atoms with Crippen molar-refractivity contribution in [1.82, 2.24) is 25.6 Å². The lowest BCUT2D eigenvalue weighted by Crippen LogP contribution is -2.15. The Hall–Kier alpha value is -6.08. The average Bonchev–Trinajstić information content (AvgIpc) is 3.70. The van der Waals surface area contributed by atoms with Crippen LogP contribution in [0.25, 0.3) is 33.4 Å². The minimum atomic E-state index is -0.411. The summed E-state index contributed by atoms with van der Waals surface area (Å²) in [5.74, 6) is -0.340. The summed E-state index contributed by atoms with van der Waals surface area (Å²) in [7, 11) is 0. The molecule has 0 aliphatic heterocycles. The van der Waals surface area contributed by atoms with Gasteiger partial charge in [-0.3, -0.25) is 9.59 Å². The monoisotopic (exact) mass is 538 g/mol. The molecule has 0 aliphatic carbocycles. The fourth-order valence-corrected chi connectivity index (χ4v) is 4.58. The minimum Gasteiger partial charge on any atom is -0.349 e. The Kier molecular flexibility index (Phi) is 6.74. The van der Waals surface area contributed by atoms with Crippen LogP contribution in [0.15, 0.2) is 97.1 Å². The molecule has 2 heterocycles. The van der Waals surface area contributed by atoms with Gasteiger partial charge in [-0.1, -0.05) is 66.7 Å². The molecular weight excluding hydrogens is 516 g/mol. The number of anilines is 2. The van der Waals surface area contributed by atoms with Crippen LogP contribution >= 0.6 is 0 Å². The zero-order chi connectivity index (χ0) is 28.2. The topological polar surface area (TPSA) is 152 Å². The maximum Gasteiger partial charge on any atom is 0.272 e.